The van der Waals surface area contributed by atoms with Crippen LogP contribution in [0.3, 0.4) is 0 Å². The third-order valence-electron chi connectivity index (χ3n) is 4.71. The van der Waals surface area contributed by atoms with Gasteiger partial charge in [-0.3, -0.25) is 14.5 Å². The first-order valence-electron chi connectivity index (χ1n) is 9.42. The summed E-state index contributed by atoms with van der Waals surface area (Å²) >= 11 is 6.33. The van der Waals surface area contributed by atoms with Gasteiger partial charge in [-0.2, -0.15) is 0 Å². The Labute approximate surface area is 166 Å². The van der Waals surface area contributed by atoms with Crippen molar-refractivity contribution in [3.05, 3.63) is 28.8 Å². The van der Waals surface area contributed by atoms with Crippen LogP contribution in [0.1, 0.15) is 45.6 Å². The first-order valence-corrected chi connectivity index (χ1v) is 9.80. The van der Waals surface area contributed by atoms with Crippen molar-refractivity contribution in [2.45, 2.75) is 58.7 Å². The summed E-state index contributed by atoms with van der Waals surface area (Å²) in [5, 5.41) is 9.67. The van der Waals surface area contributed by atoms with Crippen LogP contribution in [-0.2, 0) is 16.1 Å². The van der Waals surface area contributed by atoms with Gasteiger partial charge in [-0.05, 0) is 57.4 Å². The molecule has 1 amide bonds. The van der Waals surface area contributed by atoms with Crippen molar-refractivity contribution in [1.82, 2.24) is 9.80 Å². The Bertz CT molecular complexity index is 665. The molecule has 1 unspecified atom stereocenters. The van der Waals surface area contributed by atoms with Gasteiger partial charge in [0.1, 0.15) is 12.3 Å². The lowest BCUT2D eigenvalue weighted by molar-refractivity contribution is -0.145. The smallest absolute Gasteiger partial charge is 0.323 e. The molecule has 0 radical (unpaired) electrons. The average molecular weight is 397 g/mol. The number of carbonyl (C=O) groups excluding carboxylic acids is 1. The maximum Gasteiger partial charge on any atom is 0.323 e. The Hall–Kier alpha value is -1.79. The summed E-state index contributed by atoms with van der Waals surface area (Å²) < 4.78 is 5.67. The topological polar surface area (TPSA) is 70.1 Å². The quantitative estimate of drug-likeness (QED) is 0.764. The largest absolute Gasteiger partial charge is 0.489 e. The fourth-order valence-corrected chi connectivity index (χ4v) is 3.75. The van der Waals surface area contributed by atoms with Crippen molar-refractivity contribution < 1.29 is 19.4 Å². The van der Waals surface area contributed by atoms with Crippen LogP contribution in [0.15, 0.2) is 18.2 Å². The van der Waals surface area contributed by atoms with E-state index in [0.29, 0.717) is 10.8 Å². The summed E-state index contributed by atoms with van der Waals surface area (Å²) in [5.41, 5.74) is 1.11. The van der Waals surface area contributed by atoms with Crippen LogP contribution in [0.2, 0.25) is 5.02 Å². The van der Waals surface area contributed by atoms with E-state index in [2.05, 4.69) is 4.90 Å². The lowest BCUT2D eigenvalue weighted by Gasteiger charge is -2.29. The molecule has 2 rings (SSSR count). The summed E-state index contributed by atoms with van der Waals surface area (Å²) in [7, 11) is 0. The minimum Gasteiger partial charge on any atom is -0.489 e. The Morgan fingerprint density at radius 2 is 2.07 bits per heavy atom. The van der Waals surface area contributed by atoms with Crippen molar-refractivity contribution in [1.29, 1.82) is 0 Å². The van der Waals surface area contributed by atoms with Gasteiger partial charge in [0, 0.05) is 26.1 Å². The highest BCUT2D eigenvalue weighted by molar-refractivity contribution is 6.32. The van der Waals surface area contributed by atoms with Gasteiger partial charge in [0.2, 0.25) is 5.91 Å². The van der Waals surface area contributed by atoms with E-state index in [1.807, 2.05) is 32.0 Å². The number of carboxylic acid groups (broad SMARTS) is 1. The number of aliphatic carboxylic acids is 1. The van der Waals surface area contributed by atoms with Crippen LogP contribution in [0.5, 0.6) is 5.75 Å². The van der Waals surface area contributed by atoms with E-state index >= 15 is 0 Å². The van der Waals surface area contributed by atoms with E-state index in [9.17, 15) is 9.59 Å². The Balaban J connectivity index is 1.97. The molecule has 1 aliphatic heterocycles. The maximum absolute atomic E-state index is 11.8. The van der Waals surface area contributed by atoms with Crippen molar-refractivity contribution in [3.63, 3.8) is 0 Å². The second-order valence-electron chi connectivity index (χ2n) is 7.33. The molecule has 1 fully saturated rings. The van der Waals surface area contributed by atoms with Gasteiger partial charge < -0.3 is 14.7 Å². The van der Waals surface area contributed by atoms with Gasteiger partial charge in [-0.15, -0.1) is 0 Å². The molecule has 1 atom stereocenters. The van der Waals surface area contributed by atoms with E-state index < -0.39 is 5.97 Å². The molecule has 0 saturated carbocycles. The van der Waals surface area contributed by atoms with Gasteiger partial charge in [-0.1, -0.05) is 17.7 Å². The lowest BCUT2D eigenvalue weighted by atomic mass is 10.1. The molecule has 1 heterocycles. The van der Waals surface area contributed by atoms with E-state index in [4.69, 9.17) is 21.4 Å². The molecule has 6 nitrogen and oxygen atoms in total. The van der Waals surface area contributed by atoms with Crippen LogP contribution in [0.25, 0.3) is 0 Å². The number of rotatable bonds is 7. The molecule has 0 aliphatic carbocycles. The zero-order chi connectivity index (χ0) is 20.0. The molecule has 1 aromatic carbocycles. The third-order valence-corrected chi connectivity index (χ3v) is 5.00. The number of hydrogen-bond donors (Lipinski definition) is 1. The van der Waals surface area contributed by atoms with Crippen LogP contribution >= 0.6 is 11.6 Å². The number of ether oxygens (including phenoxy) is 1. The number of hydrogen-bond acceptors (Lipinski definition) is 4. The maximum atomic E-state index is 11.8. The minimum absolute atomic E-state index is 0.0194. The predicted molar refractivity (Wildman–Crippen MR) is 105 cm³/mol. The van der Waals surface area contributed by atoms with Crippen LogP contribution in [0, 0.1) is 0 Å². The number of benzene rings is 1. The summed E-state index contributed by atoms with van der Waals surface area (Å²) in [6.45, 7) is 7.64. The van der Waals surface area contributed by atoms with E-state index in [-0.39, 0.29) is 24.6 Å². The molecule has 7 heteroatoms. The molecule has 0 spiro atoms. The van der Waals surface area contributed by atoms with Gasteiger partial charge >= 0.3 is 5.97 Å². The molecule has 0 bridgehead atoms. The van der Waals surface area contributed by atoms with E-state index in [0.717, 1.165) is 44.5 Å². The predicted octanol–water partition coefficient (Wildman–Crippen LogP) is 3.41. The SMILES string of the molecule is CC(=O)N(CC(=O)O)C1CCCN(Cc2ccc(OC(C)C)c(Cl)c2)CC1. The second kappa shape index (κ2) is 9.95. The fourth-order valence-electron chi connectivity index (χ4n) is 3.50. The highest BCUT2D eigenvalue weighted by Gasteiger charge is 2.26. The monoisotopic (exact) mass is 396 g/mol. The summed E-state index contributed by atoms with van der Waals surface area (Å²) in [6, 6.07) is 5.85. The van der Waals surface area contributed by atoms with E-state index in [1.165, 1.54) is 11.8 Å². The zero-order valence-corrected chi connectivity index (χ0v) is 17.0. The number of halogens is 1. The van der Waals surface area contributed by atoms with Crippen molar-refractivity contribution in [3.8, 4) is 5.75 Å². The van der Waals surface area contributed by atoms with Gasteiger partial charge in [-0.25, -0.2) is 0 Å². The second-order valence-corrected chi connectivity index (χ2v) is 7.74. The molecule has 27 heavy (non-hydrogen) atoms. The molecule has 150 valence electrons. The fraction of sp³-hybridized carbons (Fsp3) is 0.600. The minimum atomic E-state index is -0.968. The summed E-state index contributed by atoms with van der Waals surface area (Å²) in [6.07, 6.45) is 2.60. The molecule has 0 aromatic heterocycles. The van der Waals surface area contributed by atoms with Gasteiger partial charge in [0.05, 0.1) is 11.1 Å². The van der Waals surface area contributed by atoms with Crippen molar-refractivity contribution in [2.75, 3.05) is 19.6 Å². The van der Waals surface area contributed by atoms with Gasteiger partial charge in [0.25, 0.3) is 0 Å². The van der Waals surface area contributed by atoms with Crippen LogP contribution in [-0.4, -0.2) is 58.6 Å². The number of carboxylic acids is 1. The standard InChI is InChI=1S/C20H29ClN2O4/c1-14(2)27-19-7-6-16(11-18(19)21)12-22-9-4-5-17(8-10-22)23(15(3)24)13-20(25)26/h6-7,11,14,17H,4-5,8-10,12-13H2,1-3H3,(H,25,26). The van der Waals surface area contributed by atoms with Gasteiger partial charge in [0.15, 0.2) is 0 Å². The molecule has 1 aromatic rings. The normalized spacial score (nSPS) is 18.2. The molecule has 1 N–H and O–H groups in total. The molecule has 1 saturated heterocycles. The average Bonchev–Trinajstić information content (AvgIpc) is 2.80. The highest BCUT2D eigenvalue weighted by Crippen LogP contribution is 2.27. The highest BCUT2D eigenvalue weighted by atomic mass is 35.5. The number of carbonyl (C=O) groups is 2. The summed E-state index contributed by atoms with van der Waals surface area (Å²) in [4.78, 5) is 26.7. The molecule has 1 aliphatic rings. The summed E-state index contributed by atoms with van der Waals surface area (Å²) in [5.74, 6) is -0.454. The van der Waals surface area contributed by atoms with Crippen molar-refractivity contribution in [2.24, 2.45) is 0 Å². The lowest BCUT2D eigenvalue weighted by Crippen LogP contribution is -2.42. The molecular weight excluding hydrogens is 368 g/mol. The van der Waals surface area contributed by atoms with Crippen molar-refractivity contribution >= 4 is 23.5 Å². The Morgan fingerprint density at radius 3 is 2.67 bits per heavy atom. The first-order chi connectivity index (χ1) is 12.8. The number of likely N-dealkylation sites (tertiary alicyclic amines) is 1. The Morgan fingerprint density at radius 1 is 1.33 bits per heavy atom. The number of nitrogens with zero attached hydrogens (tertiary/aromatic N) is 2. The molecular formula is C20H29ClN2O4. The van der Waals surface area contributed by atoms with Crippen LogP contribution in [0.4, 0.5) is 0 Å². The van der Waals surface area contributed by atoms with E-state index in [1.54, 1.807) is 0 Å². The first kappa shape index (κ1) is 21.5. The zero-order valence-electron chi connectivity index (χ0n) is 16.3. The number of amides is 1. The Kier molecular flexibility index (Phi) is 7.92. The third kappa shape index (κ3) is 6.70. The van der Waals surface area contributed by atoms with Crippen LogP contribution < -0.4 is 4.74 Å².